The van der Waals surface area contributed by atoms with Gasteiger partial charge in [-0.1, -0.05) is 0 Å². The van der Waals surface area contributed by atoms with Crippen molar-refractivity contribution >= 4 is 6.03 Å². The molecular formula is C20H32N6O. The minimum Gasteiger partial charge on any atom is -0.335 e. The van der Waals surface area contributed by atoms with Crippen LogP contribution < -0.4 is 5.32 Å². The van der Waals surface area contributed by atoms with Crippen molar-refractivity contribution in [3.63, 3.8) is 0 Å². The van der Waals surface area contributed by atoms with Gasteiger partial charge in [-0.05, 0) is 51.4 Å². The molecule has 2 saturated heterocycles. The summed E-state index contributed by atoms with van der Waals surface area (Å²) in [6, 6.07) is 1.35. The topological polar surface area (TPSA) is 66.3 Å². The molecule has 3 aliphatic heterocycles. The van der Waals surface area contributed by atoms with Crippen LogP contribution in [0.3, 0.4) is 0 Å². The van der Waals surface area contributed by atoms with Gasteiger partial charge in [0.05, 0.1) is 0 Å². The van der Waals surface area contributed by atoms with Crippen molar-refractivity contribution in [3.05, 3.63) is 11.6 Å². The van der Waals surface area contributed by atoms with E-state index in [-0.39, 0.29) is 6.03 Å². The largest absolute Gasteiger partial charge is 0.335 e. The van der Waals surface area contributed by atoms with Crippen molar-refractivity contribution in [1.29, 1.82) is 0 Å². The molecule has 1 aromatic rings. The minimum absolute atomic E-state index is 0.140. The van der Waals surface area contributed by atoms with E-state index in [4.69, 9.17) is 0 Å². The molecule has 0 atom stereocenters. The quantitative estimate of drug-likeness (QED) is 0.883. The zero-order valence-corrected chi connectivity index (χ0v) is 16.3. The normalized spacial score (nSPS) is 25.4. The molecule has 1 N–H and O–H groups in total. The van der Waals surface area contributed by atoms with Gasteiger partial charge in [0.2, 0.25) is 0 Å². The van der Waals surface area contributed by atoms with E-state index in [1.165, 1.54) is 25.7 Å². The first-order valence-electron chi connectivity index (χ1n) is 11.0. The first-order valence-corrected chi connectivity index (χ1v) is 11.0. The molecule has 27 heavy (non-hydrogen) atoms. The molecule has 0 spiro atoms. The van der Waals surface area contributed by atoms with E-state index in [1.54, 1.807) is 0 Å². The van der Waals surface area contributed by atoms with Gasteiger partial charge < -0.3 is 19.7 Å². The Morgan fingerprint density at radius 1 is 0.889 bits per heavy atom. The number of hydrogen-bond acceptors (Lipinski definition) is 4. The number of urea groups is 1. The lowest BCUT2D eigenvalue weighted by atomic mass is 9.95. The summed E-state index contributed by atoms with van der Waals surface area (Å²) in [4.78, 5) is 17.3. The van der Waals surface area contributed by atoms with Crippen LogP contribution in [0.2, 0.25) is 0 Å². The molecule has 4 aliphatic rings. The Morgan fingerprint density at radius 3 is 2.41 bits per heavy atom. The summed E-state index contributed by atoms with van der Waals surface area (Å²) in [6.07, 6.45) is 10.5. The molecule has 0 radical (unpaired) electrons. The first-order chi connectivity index (χ1) is 13.3. The van der Waals surface area contributed by atoms with Crippen molar-refractivity contribution in [2.75, 3.05) is 26.2 Å². The summed E-state index contributed by atoms with van der Waals surface area (Å²) >= 11 is 0. The number of likely N-dealkylation sites (tertiary alicyclic amines) is 2. The molecule has 3 fully saturated rings. The minimum atomic E-state index is 0.140. The molecule has 5 rings (SSSR count). The van der Waals surface area contributed by atoms with Crippen LogP contribution >= 0.6 is 0 Å². The van der Waals surface area contributed by atoms with Crippen molar-refractivity contribution in [3.8, 4) is 0 Å². The molecule has 1 aromatic heterocycles. The number of aryl methyl sites for hydroxylation is 1. The molecule has 0 aromatic carbocycles. The molecule has 7 nitrogen and oxygen atoms in total. The highest BCUT2D eigenvalue weighted by atomic mass is 16.2. The molecular weight excluding hydrogens is 340 g/mol. The van der Waals surface area contributed by atoms with Crippen LogP contribution in [0.1, 0.15) is 68.9 Å². The lowest BCUT2D eigenvalue weighted by Gasteiger charge is -2.36. The Labute approximate surface area is 161 Å². The van der Waals surface area contributed by atoms with Gasteiger partial charge in [-0.3, -0.25) is 0 Å². The van der Waals surface area contributed by atoms with Crippen LogP contribution in [0.25, 0.3) is 0 Å². The average Bonchev–Trinajstić information content (AvgIpc) is 3.48. The standard InChI is InChI=1S/C20H32N6O/c27-20(21-16-8-13-24(14-9-16)17-4-5-17)25-11-6-15(7-12-25)19-23-22-18-3-1-2-10-26(18)19/h15-17H,1-14H2,(H,21,27). The fraction of sp³-hybridized carbons (Fsp3) is 0.850. The van der Waals surface area contributed by atoms with Gasteiger partial charge in [-0.25, -0.2) is 4.79 Å². The Hall–Kier alpha value is -1.63. The van der Waals surface area contributed by atoms with Crippen LogP contribution in [-0.4, -0.2) is 68.9 Å². The van der Waals surface area contributed by atoms with Crippen molar-refractivity contribution < 1.29 is 4.79 Å². The summed E-state index contributed by atoms with van der Waals surface area (Å²) in [5.74, 6) is 2.78. The summed E-state index contributed by atoms with van der Waals surface area (Å²) in [6.45, 7) is 5.03. The molecule has 1 aliphatic carbocycles. The van der Waals surface area contributed by atoms with E-state index >= 15 is 0 Å². The van der Waals surface area contributed by atoms with Gasteiger partial charge in [0.1, 0.15) is 11.6 Å². The SMILES string of the molecule is O=C(NC1CCN(C2CC2)CC1)N1CCC(c2nnc3n2CCCC3)CC1. The number of nitrogens with one attached hydrogen (secondary N) is 1. The lowest BCUT2D eigenvalue weighted by molar-refractivity contribution is 0.158. The zero-order valence-electron chi connectivity index (χ0n) is 16.3. The Balaban J connectivity index is 1.11. The number of rotatable bonds is 3. The number of piperidine rings is 2. The van der Waals surface area contributed by atoms with E-state index in [9.17, 15) is 4.79 Å². The highest BCUT2D eigenvalue weighted by molar-refractivity contribution is 5.74. The van der Waals surface area contributed by atoms with Crippen LogP contribution in [0, 0.1) is 0 Å². The number of aromatic nitrogens is 3. The van der Waals surface area contributed by atoms with Crippen LogP contribution in [0.4, 0.5) is 4.79 Å². The summed E-state index contributed by atoms with van der Waals surface area (Å²) in [5.41, 5.74) is 0. The number of carbonyl (C=O) groups excluding carboxylic acids is 1. The van der Waals surface area contributed by atoms with Crippen LogP contribution in [0.15, 0.2) is 0 Å². The zero-order chi connectivity index (χ0) is 18.2. The number of nitrogens with zero attached hydrogens (tertiary/aromatic N) is 5. The maximum Gasteiger partial charge on any atom is 0.317 e. The molecule has 2 amide bonds. The lowest BCUT2D eigenvalue weighted by Crippen LogP contribution is -2.51. The third kappa shape index (κ3) is 3.71. The third-order valence-corrected chi connectivity index (χ3v) is 6.96. The second-order valence-corrected chi connectivity index (χ2v) is 8.84. The van der Waals surface area contributed by atoms with Crippen molar-refractivity contribution in [2.45, 2.75) is 82.3 Å². The number of carbonyl (C=O) groups is 1. The summed E-state index contributed by atoms with van der Waals surface area (Å²) in [5, 5.41) is 12.2. The molecule has 148 valence electrons. The van der Waals surface area contributed by atoms with E-state index in [0.717, 1.165) is 82.5 Å². The molecule has 4 heterocycles. The van der Waals surface area contributed by atoms with Gasteiger partial charge in [0.15, 0.2) is 0 Å². The predicted molar refractivity (Wildman–Crippen MR) is 103 cm³/mol. The highest BCUT2D eigenvalue weighted by Crippen LogP contribution is 2.30. The maximum atomic E-state index is 12.7. The molecule has 7 heteroatoms. The molecule has 0 unspecified atom stereocenters. The van der Waals surface area contributed by atoms with Crippen molar-refractivity contribution in [2.24, 2.45) is 0 Å². The number of amides is 2. The number of fused-ring (bicyclic) bond motifs is 1. The second kappa shape index (κ2) is 7.41. The molecule has 1 saturated carbocycles. The maximum absolute atomic E-state index is 12.7. The van der Waals surface area contributed by atoms with Gasteiger partial charge in [0.25, 0.3) is 0 Å². The first kappa shape index (κ1) is 17.5. The summed E-state index contributed by atoms with van der Waals surface area (Å²) < 4.78 is 2.34. The van der Waals surface area contributed by atoms with Gasteiger partial charge >= 0.3 is 6.03 Å². The van der Waals surface area contributed by atoms with Gasteiger partial charge in [-0.15, -0.1) is 10.2 Å². The van der Waals surface area contributed by atoms with Gasteiger partial charge in [-0.2, -0.15) is 0 Å². The smallest absolute Gasteiger partial charge is 0.317 e. The predicted octanol–water partition coefficient (Wildman–Crippen LogP) is 2.13. The van der Waals surface area contributed by atoms with Crippen molar-refractivity contribution in [1.82, 2.24) is 29.9 Å². The fourth-order valence-corrected chi connectivity index (χ4v) is 5.09. The van der Waals surface area contributed by atoms with Gasteiger partial charge in [0, 0.05) is 57.1 Å². The Morgan fingerprint density at radius 2 is 1.67 bits per heavy atom. The Bertz CT molecular complexity index is 668. The van der Waals surface area contributed by atoms with Crippen LogP contribution in [0.5, 0.6) is 0 Å². The second-order valence-electron chi connectivity index (χ2n) is 8.84. The molecule has 0 bridgehead atoms. The van der Waals surface area contributed by atoms with E-state index in [2.05, 4.69) is 25.0 Å². The monoisotopic (exact) mass is 372 g/mol. The summed E-state index contributed by atoms with van der Waals surface area (Å²) in [7, 11) is 0. The third-order valence-electron chi connectivity index (χ3n) is 6.96. The van der Waals surface area contributed by atoms with E-state index in [0.29, 0.717) is 12.0 Å². The van der Waals surface area contributed by atoms with E-state index in [1.807, 2.05) is 4.90 Å². The van der Waals surface area contributed by atoms with E-state index < -0.39 is 0 Å². The Kier molecular flexibility index (Phi) is 4.80. The number of hydrogen-bond donors (Lipinski definition) is 1. The van der Waals surface area contributed by atoms with Crippen LogP contribution in [-0.2, 0) is 13.0 Å². The fourth-order valence-electron chi connectivity index (χ4n) is 5.09. The average molecular weight is 373 g/mol. The highest BCUT2D eigenvalue weighted by Gasteiger charge is 2.33.